The first kappa shape index (κ1) is 20.6. The predicted octanol–water partition coefficient (Wildman–Crippen LogP) is 3.80. The van der Waals surface area contributed by atoms with Gasteiger partial charge in [-0.3, -0.25) is 9.78 Å². The summed E-state index contributed by atoms with van der Waals surface area (Å²) >= 11 is 1.12. The van der Waals surface area contributed by atoms with Crippen LogP contribution in [0, 0.1) is 5.82 Å². The van der Waals surface area contributed by atoms with Gasteiger partial charge in [-0.05, 0) is 44.9 Å². The van der Waals surface area contributed by atoms with Crippen molar-refractivity contribution in [3.05, 3.63) is 53.1 Å². The molecule has 30 heavy (non-hydrogen) atoms. The summed E-state index contributed by atoms with van der Waals surface area (Å²) in [5.41, 5.74) is 5.83. The molecule has 3 heterocycles. The topological polar surface area (TPSA) is 89.6 Å². The molecule has 2 aliphatic heterocycles. The van der Waals surface area contributed by atoms with Gasteiger partial charge in [0.05, 0.1) is 6.61 Å². The summed E-state index contributed by atoms with van der Waals surface area (Å²) in [6, 6.07) is 5.59. The molecule has 1 aromatic carbocycles. The number of thioether (sulfide) groups is 1. The minimum Gasteiger partial charge on any atom is -0.493 e. The molecule has 4 rings (SSSR count). The van der Waals surface area contributed by atoms with Crippen LogP contribution >= 0.6 is 11.8 Å². The van der Waals surface area contributed by atoms with Gasteiger partial charge in [-0.25, -0.2) is 13.8 Å². The number of anilines is 1. The summed E-state index contributed by atoms with van der Waals surface area (Å²) in [6.07, 6.45) is 1.95. The van der Waals surface area contributed by atoms with E-state index < -0.39 is 28.7 Å². The second-order valence-corrected chi connectivity index (χ2v) is 9.00. The fourth-order valence-corrected chi connectivity index (χ4v) is 4.78. The number of carbonyl (C=O) groups excluding carboxylic acids is 1. The van der Waals surface area contributed by atoms with Crippen molar-refractivity contribution in [1.82, 2.24) is 4.98 Å². The second kappa shape index (κ2) is 7.86. The van der Waals surface area contributed by atoms with Gasteiger partial charge < -0.3 is 15.8 Å². The molecule has 6 nitrogen and oxygen atoms in total. The molecular weight excluding hydrogens is 410 g/mol. The van der Waals surface area contributed by atoms with E-state index in [9.17, 15) is 9.18 Å². The largest absolute Gasteiger partial charge is 0.493 e. The number of pyridine rings is 1. The van der Waals surface area contributed by atoms with E-state index in [1.54, 1.807) is 19.2 Å². The highest BCUT2D eigenvalue weighted by atomic mass is 32.2. The number of amides is 1. The summed E-state index contributed by atoms with van der Waals surface area (Å²) in [4.78, 5) is 21.1. The Balaban J connectivity index is 1.62. The Kier molecular flexibility index (Phi) is 5.40. The van der Waals surface area contributed by atoms with Crippen LogP contribution < -0.4 is 15.8 Å². The molecule has 2 aromatic rings. The van der Waals surface area contributed by atoms with Crippen LogP contribution in [0.1, 0.15) is 41.9 Å². The van der Waals surface area contributed by atoms with Crippen molar-refractivity contribution in [2.75, 3.05) is 11.9 Å². The molecule has 0 saturated carbocycles. The van der Waals surface area contributed by atoms with Crippen LogP contribution in [0.2, 0.25) is 0 Å². The molecule has 0 bridgehead atoms. The fourth-order valence-electron chi connectivity index (χ4n) is 3.78. The maximum Gasteiger partial charge on any atom is 0.274 e. The maximum atomic E-state index is 15.0. The number of aryl methyl sites for hydroxylation is 1. The van der Waals surface area contributed by atoms with Gasteiger partial charge in [0.2, 0.25) is 0 Å². The molecule has 0 unspecified atom stereocenters. The Morgan fingerprint density at radius 1 is 1.40 bits per heavy atom. The molecule has 0 radical (unpaired) electrons. The van der Waals surface area contributed by atoms with Gasteiger partial charge in [-0.1, -0.05) is 11.8 Å². The Bertz CT molecular complexity index is 1030. The number of aromatic nitrogens is 1. The molecule has 3 N–H and O–H groups in total. The number of hydrogen-bond donors (Lipinski definition) is 2. The molecule has 0 spiro atoms. The number of nitrogens with zero attached hydrogens (tertiary/aromatic N) is 2. The quantitative estimate of drug-likeness (QED) is 0.770. The van der Waals surface area contributed by atoms with Crippen LogP contribution in [0.25, 0.3) is 0 Å². The predicted molar refractivity (Wildman–Crippen MR) is 113 cm³/mol. The van der Waals surface area contributed by atoms with Crippen LogP contribution in [0.5, 0.6) is 5.75 Å². The van der Waals surface area contributed by atoms with E-state index in [0.29, 0.717) is 18.0 Å². The summed E-state index contributed by atoms with van der Waals surface area (Å²) < 4.78 is 35.3. The molecule has 158 valence electrons. The van der Waals surface area contributed by atoms with Gasteiger partial charge in [-0.15, -0.1) is 0 Å². The highest BCUT2D eigenvalue weighted by Gasteiger charge is 2.45. The van der Waals surface area contributed by atoms with Crippen LogP contribution in [0.15, 0.2) is 35.5 Å². The first-order valence-corrected chi connectivity index (χ1v) is 10.5. The van der Waals surface area contributed by atoms with Crippen LogP contribution in [-0.2, 0) is 12.0 Å². The summed E-state index contributed by atoms with van der Waals surface area (Å²) in [6.45, 7) is 3.79. The Labute approximate surface area is 177 Å². The number of benzene rings is 1. The van der Waals surface area contributed by atoms with Gasteiger partial charge in [0.25, 0.3) is 5.91 Å². The van der Waals surface area contributed by atoms with Crippen molar-refractivity contribution in [3.63, 3.8) is 0 Å². The van der Waals surface area contributed by atoms with Crippen molar-refractivity contribution >= 4 is 28.5 Å². The number of halogens is 2. The minimum absolute atomic E-state index is 0.0321. The minimum atomic E-state index is -1.49. The zero-order valence-electron chi connectivity index (χ0n) is 16.6. The monoisotopic (exact) mass is 432 g/mol. The number of ether oxygens (including phenoxy) is 1. The third kappa shape index (κ3) is 3.74. The zero-order valence-corrected chi connectivity index (χ0v) is 17.4. The van der Waals surface area contributed by atoms with Gasteiger partial charge in [0.15, 0.2) is 5.17 Å². The third-order valence-corrected chi connectivity index (χ3v) is 6.34. The molecule has 9 heteroatoms. The van der Waals surface area contributed by atoms with Crippen LogP contribution in [-0.4, -0.2) is 34.1 Å². The molecule has 0 saturated heterocycles. The van der Waals surface area contributed by atoms with Crippen molar-refractivity contribution in [2.24, 2.45) is 10.7 Å². The average molecular weight is 432 g/mol. The van der Waals surface area contributed by atoms with Crippen molar-refractivity contribution in [1.29, 1.82) is 0 Å². The van der Waals surface area contributed by atoms with E-state index in [4.69, 9.17) is 10.5 Å². The Hall–Kier alpha value is -2.68. The molecule has 2 aliphatic rings. The van der Waals surface area contributed by atoms with E-state index in [2.05, 4.69) is 15.3 Å². The van der Waals surface area contributed by atoms with Crippen molar-refractivity contribution in [3.8, 4) is 5.75 Å². The molecule has 1 amide bonds. The van der Waals surface area contributed by atoms with E-state index in [-0.39, 0.29) is 16.4 Å². The summed E-state index contributed by atoms with van der Waals surface area (Å²) in [5, 5.41) is 2.41. The highest BCUT2D eigenvalue weighted by Crippen LogP contribution is 2.42. The number of aliphatic imine (C=N–C) groups is 1. The first-order chi connectivity index (χ1) is 14.3. The highest BCUT2D eigenvalue weighted by molar-refractivity contribution is 8.14. The molecular formula is C21H22F2N4O2S. The molecule has 0 aliphatic carbocycles. The lowest BCUT2D eigenvalue weighted by Crippen LogP contribution is -2.44. The number of carbonyl (C=O) groups is 1. The van der Waals surface area contributed by atoms with Gasteiger partial charge in [0.1, 0.15) is 29.0 Å². The van der Waals surface area contributed by atoms with Gasteiger partial charge >= 0.3 is 0 Å². The Morgan fingerprint density at radius 2 is 2.20 bits per heavy atom. The van der Waals surface area contributed by atoms with Crippen molar-refractivity contribution in [2.45, 2.75) is 43.6 Å². The average Bonchev–Trinajstić information content (AvgIpc) is 2.72. The van der Waals surface area contributed by atoms with E-state index in [0.717, 1.165) is 30.2 Å². The fraction of sp³-hybridized carbons (Fsp3) is 0.381. The number of fused-ring (bicyclic) bond motifs is 1. The number of alkyl halides is 1. The van der Waals surface area contributed by atoms with Gasteiger partial charge in [0, 0.05) is 34.3 Å². The number of nitrogens with two attached hydrogens (primary N) is 1. The maximum absolute atomic E-state index is 15.0. The standard InChI is InChI=1S/C21H22F2N4O2S/c1-11-18(23)21(2,27-20(24)30-11)14-8-13(5-6-15(14)22)26-19(28)16-9-17-12(10-25-16)4-3-7-29-17/h5-6,8-11,18H,3-4,7H2,1-2H3,(H2,24,27)(H,26,28)/t11-,18+,21-/m1/s1. The Morgan fingerprint density at radius 3 is 3.00 bits per heavy atom. The third-order valence-electron chi connectivity index (χ3n) is 5.39. The van der Waals surface area contributed by atoms with Crippen molar-refractivity contribution < 1.29 is 18.3 Å². The number of amidine groups is 1. The summed E-state index contributed by atoms with van der Waals surface area (Å²) in [7, 11) is 0. The second-order valence-electron chi connectivity index (χ2n) is 7.60. The lowest BCUT2D eigenvalue weighted by Gasteiger charge is -2.37. The normalized spacial score (nSPS) is 25.7. The SMILES string of the molecule is C[C@H]1SC(N)=N[C@](C)(c2cc(NC(=O)c3cc4c(cn3)CCCO4)ccc2F)[C@H]1F. The number of nitrogens with one attached hydrogen (secondary N) is 1. The lowest BCUT2D eigenvalue weighted by molar-refractivity contribution is 0.102. The zero-order chi connectivity index (χ0) is 21.5. The molecule has 1 aromatic heterocycles. The van der Waals surface area contributed by atoms with E-state index >= 15 is 4.39 Å². The summed E-state index contributed by atoms with van der Waals surface area (Å²) in [5.74, 6) is -0.441. The number of rotatable bonds is 3. The lowest BCUT2D eigenvalue weighted by atomic mass is 9.85. The van der Waals surface area contributed by atoms with Gasteiger partial charge in [-0.2, -0.15) is 0 Å². The smallest absolute Gasteiger partial charge is 0.274 e. The van der Waals surface area contributed by atoms with Crippen LogP contribution in [0.4, 0.5) is 14.5 Å². The first-order valence-electron chi connectivity index (χ1n) is 9.67. The number of hydrogen-bond acceptors (Lipinski definition) is 6. The molecule has 0 fully saturated rings. The van der Waals surface area contributed by atoms with Crippen LogP contribution in [0.3, 0.4) is 0 Å². The van der Waals surface area contributed by atoms with E-state index in [1.165, 1.54) is 25.1 Å². The van der Waals surface area contributed by atoms with E-state index in [1.807, 2.05) is 0 Å². The molecule has 3 atom stereocenters.